The lowest BCUT2D eigenvalue weighted by Crippen LogP contribution is -2.17. The second kappa shape index (κ2) is 11.6. The number of aromatic amines is 1. The summed E-state index contributed by atoms with van der Waals surface area (Å²) in [7, 11) is 0. The molecule has 0 atom stereocenters. The molecule has 268 valence electrons. The van der Waals surface area contributed by atoms with Gasteiger partial charge in [-0.05, 0) is 91.7 Å². The Balaban J connectivity index is 1.01. The third kappa shape index (κ3) is 4.48. The van der Waals surface area contributed by atoms with E-state index in [1.165, 1.54) is 66.1 Å². The molecule has 8 aromatic carbocycles. The fraction of sp³-hybridized carbons (Fsp3) is 0.0577. The summed E-state index contributed by atoms with van der Waals surface area (Å²) in [4.78, 5) is 13.4. The van der Waals surface area contributed by atoms with Gasteiger partial charge in [0.25, 0.3) is 0 Å². The van der Waals surface area contributed by atoms with E-state index in [1.807, 2.05) is 24.3 Å². The van der Waals surface area contributed by atoms with Crippen LogP contribution < -0.4 is 5.62 Å². The molecule has 0 bridgehead atoms. The summed E-state index contributed by atoms with van der Waals surface area (Å²) in [5, 5.41) is 15.4. The molecule has 5 heteroatoms. The van der Waals surface area contributed by atoms with Crippen molar-refractivity contribution in [1.29, 1.82) is 5.41 Å². The minimum absolute atomic E-state index is 0.0757. The van der Waals surface area contributed by atoms with E-state index in [2.05, 4.69) is 163 Å². The van der Waals surface area contributed by atoms with E-state index < -0.39 is 0 Å². The molecule has 5 nitrogen and oxygen atoms in total. The number of fused-ring (bicyclic) bond motifs is 7. The highest BCUT2D eigenvalue weighted by Crippen LogP contribution is 2.51. The van der Waals surface area contributed by atoms with Gasteiger partial charge in [0.2, 0.25) is 5.62 Å². The molecule has 0 spiro atoms. The Morgan fingerprint density at radius 3 is 2.12 bits per heavy atom. The molecule has 0 aliphatic heterocycles. The number of para-hydroxylation sites is 1. The van der Waals surface area contributed by atoms with Crippen molar-refractivity contribution in [2.45, 2.75) is 19.3 Å². The topological polar surface area (TPSA) is 69.8 Å². The van der Waals surface area contributed by atoms with Gasteiger partial charge in [0.1, 0.15) is 0 Å². The maximum absolute atomic E-state index is 9.35. The Hall–Kier alpha value is -7.37. The monoisotopic (exact) mass is 729 g/mol. The summed E-state index contributed by atoms with van der Waals surface area (Å²) in [5.74, 6) is 0.135. The van der Waals surface area contributed by atoms with E-state index in [1.54, 1.807) is 0 Å². The molecular formula is C52H35N5. The van der Waals surface area contributed by atoms with Gasteiger partial charge in [0, 0.05) is 38.4 Å². The summed E-state index contributed by atoms with van der Waals surface area (Å²) in [5.41, 5.74) is 17.2. The van der Waals surface area contributed by atoms with Gasteiger partial charge in [-0.15, -0.1) is 0 Å². The average molecular weight is 730 g/mol. The van der Waals surface area contributed by atoms with E-state index in [-0.39, 0.29) is 11.3 Å². The number of amidine groups is 1. The molecule has 0 unspecified atom stereocenters. The van der Waals surface area contributed by atoms with Crippen LogP contribution in [0.3, 0.4) is 0 Å². The standard InChI is InChI=1S/C52H35N5/c1-52(2)41-21-7-5-17-36(41)40-29-31(24-26-42(40)52)49-39-18-6-8-22-43(39)54-51(55-49)56-50(53)32-13-9-14-33(28-32)57-44-23-11-20-38-35-16-4-3-15-34(35)37-19-10-12-30-25-27-45(57)48(46(30)37)47(38)44/h3-29H,1-2H3,(H2,53,54,55,56). The summed E-state index contributed by atoms with van der Waals surface area (Å²) in [6.07, 6.45) is 0. The molecular weight excluding hydrogens is 695 g/mol. The van der Waals surface area contributed by atoms with E-state index in [0.717, 1.165) is 38.9 Å². The highest BCUT2D eigenvalue weighted by molar-refractivity contribution is 6.30. The van der Waals surface area contributed by atoms with Gasteiger partial charge in [-0.1, -0.05) is 141 Å². The normalized spacial score (nSPS) is 13.8. The maximum Gasteiger partial charge on any atom is 0.229 e. The second-order valence-corrected chi connectivity index (χ2v) is 15.8. The Bertz CT molecular complexity index is 3470. The Kier molecular flexibility index (Phi) is 6.48. The fourth-order valence-electron chi connectivity index (χ4n) is 9.82. The van der Waals surface area contributed by atoms with Crippen LogP contribution in [-0.2, 0) is 5.41 Å². The van der Waals surface area contributed by atoms with Crippen molar-refractivity contribution < 1.29 is 0 Å². The third-order valence-electron chi connectivity index (χ3n) is 12.4. The molecule has 10 aromatic rings. The Morgan fingerprint density at radius 2 is 1.26 bits per heavy atom. The predicted molar refractivity (Wildman–Crippen MR) is 234 cm³/mol. The summed E-state index contributed by atoms with van der Waals surface area (Å²) < 4.78 is 2.35. The predicted octanol–water partition coefficient (Wildman–Crippen LogP) is 12.4. The molecule has 0 amide bonds. The zero-order chi connectivity index (χ0) is 38.0. The molecule has 2 aliphatic rings. The van der Waals surface area contributed by atoms with Gasteiger partial charge in [-0.25, -0.2) is 4.98 Å². The van der Waals surface area contributed by atoms with E-state index in [9.17, 15) is 5.41 Å². The summed E-state index contributed by atoms with van der Waals surface area (Å²) >= 11 is 0. The first-order valence-electron chi connectivity index (χ1n) is 19.5. The highest BCUT2D eigenvalue weighted by Gasteiger charge is 2.35. The molecule has 2 aliphatic carbocycles. The summed E-state index contributed by atoms with van der Waals surface area (Å²) in [6.45, 7) is 4.60. The molecule has 2 N–H and O–H groups in total. The number of nitrogens with one attached hydrogen (secondary N) is 2. The van der Waals surface area contributed by atoms with Gasteiger partial charge in [0.15, 0.2) is 5.84 Å². The molecule has 12 rings (SSSR count). The molecule has 2 aromatic heterocycles. The Labute approximate surface area is 328 Å². The lowest BCUT2D eigenvalue weighted by Gasteiger charge is -2.21. The molecule has 57 heavy (non-hydrogen) atoms. The van der Waals surface area contributed by atoms with E-state index in [4.69, 9.17) is 9.98 Å². The van der Waals surface area contributed by atoms with Crippen LogP contribution in [0.5, 0.6) is 0 Å². The second-order valence-electron chi connectivity index (χ2n) is 15.8. The maximum atomic E-state index is 9.35. The minimum Gasteiger partial charge on any atom is -0.323 e. The molecule has 0 radical (unpaired) electrons. The lowest BCUT2D eigenvalue weighted by molar-refractivity contribution is 0.660. The van der Waals surface area contributed by atoms with Crippen LogP contribution >= 0.6 is 0 Å². The van der Waals surface area contributed by atoms with Crippen LogP contribution in [0.15, 0.2) is 169 Å². The van der Waals surface area contributed by atoms with Crippen LogP contribution in [0.1, 0.15) is 30.5 Å². The largest absolute Gasteiger partial charge is 0.323 e. The van der Waals surface area contributed by atoms with E-state index >= 15 is 0 Å². The van der Waals surface area contributed by atoms with Gasteiger partial charge >= 0.3 is 0 Å². The Morgan fingerprint density at radius 1 is 0.579 bits per heavy atom. The van der Waals surface area contributed by atoms with Crippen molar-refractivity contribution in [2.75, 3.05) is 0 Å². The number of aromatic nitrogens is 3. The first-order chi connectivity index (χ1) is 27.9. The van der Waals surface area contributed by atoms with Gasteiger partial charge in [0.05, 0.1) is 22.2 Å². The summed E-state index contributed by atoms with van der Waals surface area (Å²) in [6, 6.07) is 58.3. The quantitative estimate of drug-likeness (QED) is 0.138. The van der Waals surface area contributed by atoms with Crippen molar-refractivity contribution in [3.05, 3.63) is 186 Å². The number of nitrogens with zero attached hydrogens (tertiary/aromatic N) is 3. The SMILES string of the molecule is CC1(C)c2ccccc2-c2cc(-c3nc(=NC(=N)c4cccc(-n5c6cccc7c6c6c8c(cccc8ccc65)-c5ccccc5-7)c4)[nH]c4ccccc34)ccc21. The van der Waals surface area contributed by atoms with Crippen LogP contribution in [0, 0.1) is 5.41 Å². The first-order valence-corrected chi connectivity index (χ1v) is 19.5. The van der Waals surface area contributed by atoms with Gasteiger partial charge in [-0.2, -0.15) is 4.99 Å². The highest BCUT2D eigenvalue weighted by atomic mass is 15.0. The smallest absolute Gasteiger partial charge is 0.229 e. The molecule has 0 saturated heterocycles. The molecule has 0 saturated carbocycles. The van der Waals surface area contributed by atoms with Crippen molar-refractivity contribution in [1.82, 2.24) is 14.5 Å². The minimum atomic E-state index is -0.0757. The van der Waals surface area contributed by atoms with Crippen LogP contribution in [0.25, 0.3) is 93.8 Å². The van der Waals surface area contributed by atoms with Crippen molar-refractivity contribution in [3.8, 4) is 50.3 Å². The number of hydrogen-bond acceptors (Lipinski definition) is 2. The van der Waals surface area contributed by atoms with Crippen molar-refractivity contribution in [3.63, 3.8) is 0 Å². The van der Waals surface area contributed by atoms with Gasteiger partial charge < -0.3 is 9.55 Å². The number of rotatable bonds is 3. The lowest BCUT2D eigenvalue weighted by atomic mass is 9.82. The molecule has 0 fully saturated rings. The zero-order valence-corrected chi connectivity index (χ0v) is 31.4. The van der Waals surface area contributed by atoms with Gasteiger partial charge in [-0.3, -0.25) is 5.41 Å². The first kappa shape index (κ1) is 31.9. The third-order valence-corrected chi connectivity index (χ3v) is 12.4. The van der Waals surface area contributed by atoms with Crippen LogP contribution in [0.2, 0.25) is 0 Å². The fourth-order valence-corrected chi connectivity index (χ4v) is 9.82. The molecule has 2 heterocycles. The average Bonchev–Trinajstić information content (AvgIpc) is 3.66. The van der Waals surface area contributed by atoms with E-state index in [0.29, 0.717) is 11.2 Å². The number of benzene rings is 8. The van der Waals surface area contributed by atoms with Crippen LogP contribution in [0.4, 0.5) is 0 Å². The zero-order valence-electron chi connectivity index (χ0n) is 31.4. The number of H-pyrrole nitrogens is 1. The number of hydrogen-bond donors (Lipinski definition) is 2. The van der Waals surface area contributed by atoms with Crippen LogP contribution in [-0.4, -0.2) is 20.4 Å². The van der Waals surface area contributed by atoms with Crippen molar-refractivity contribution in [2.24, 2.45) is 4.99 Å². The van der Waals surface area contributed by atoms with Crippen molar-refractivity contribution >= 4 is 49.3 Å².